The van der Waals surface area contributed by atoms with Gasteiger partial charge in [-0.25, -0.2) is 9.97 Å². The van der Waals surface area contributed by atoms with Crippen molar-refractivity contribution in [3.63, 3.8) is 0 Å². The summed E-state index contributed by atoms with van der Waals surface area (Å²) in [5.74, 6) is 2.47. The van der Waals surface area contributed by atoms with Crippen molar-refractivity contribution in [3.05, 3.63) is 18.0 Å². The third-order valence-electron chi connectivity index (χ3n) is 7.97. The first kappa shape index (κ1) is 22.7. The first-order chi connectivity index (χ1) is 15.0. The lowest BCUT2D eigenvalue weighted by molar-refractivity contribution is -0.119. The van der Waals surface area contributed by atoms with Crippen LogP contribution < -0.4 is 4.90 Å². The van der Waals surface area contributed by atoms with Crippen molar-refractivity contribution in [2.24, 2.45) is 5.92 Å². The molecule has 4 rings (SSSR count). The molecule has 6 heteroatoms. The van der Waals surface area contributed by atoms with E-state index < -0.39 is 0 Å². The average Bonchev–Trinajstić information content (AvgIpc) is 2.75. The first-order valence-electron chi connectivity index (χ1n) is 12.5. The van der Waals surface area contributed by atoms with Gasteiger partial charge in [-0.15, -0.1) is 0 Å². The molecule has 3 heterocycles. The van der Waals surface area contributed by atoms with E-state index in [4.69, 9.17) is 9.97 Å². The predicted octanol–water partition coefficient (Wildman–Crippen LogP) is 3.72. The van der Waals surface area contributed by atoms with E-state index >= 15 is 0 Å². The van der Waals surface area contributed by atoms with E-state index in [0.29, 0.717) is 35.7 Å². The first-order valence-corrected chi connectivity index (χ1v) is 12.5. The maximum atomic E-state index is 11.3. The Morgan fingerprint density at radius 1 is 1.03 bits per heavy atom. The highest BCUT2D eigenvalue weighted by Crippen LogP contribution is 2.38. The summed E-state index contributed by atoms with van der Waals surface area (Å²) in [4.78, 5) is 28.6. The van der Waals surface area contributed by atoms with Gasteiger partial charge in [-0.2, -0.15) is 0 Å². The molecule has 0 bridgehead atoms. The number of piperidine rings is 1. The Hall–Kier alpha value is -1.53. The molecule has 0 N–H and O–H groups in total. The highest BCUT2D eigenvalue weighted by molar-refractivity contribution is 5.75. The minimum Gasteiger partial charge on any atom is -0.332 e. The van der Waals surface area contributed by atoms with Gasteiger partial charge in [0.05, 0.1) is 0 Å². The van der Waals surface area contributed by atoms with Crippen LogP contribution in [0.4, 0.5) is 5.95 Å². The summed E-state index contributed by atoms with van der Waals surface area (Å²) in [5, 5.41) is 0. The highest BCUT2D eigenvalue weighted by atomic mass is 16.1. The molecule has 2 unspecified atom stereocenters. The van der Waals surface area contributed by atoms with E-state index in [1.807, 2.05) is 0 Å². The number of likely N-dealkylation sites (N-methyl/N-ethyl adjacent to an activating group) is 1. The second-order valence-corrected chi connectivity index (χ2v) is 10.3. The van der Waals surface area contributed by atoms with E-state index in [1.165, 1.54) is 31.2 Å². The number of likely N-dealkylation sites (tertiary alicyclic amines) is 1. The lowest BCUT2D eigenvalue weighted by Crippen LogP contribution is -2.58. The van der Waals surface area contributed by atoms with Gasteiger partial charge in [0.2, 0.25) is 5.95 Å². The van der Waals surface area contributed by atoms with Crippen LogP contribution in [0.25, 0.3) is 0 Å². The minimum absolute atomic E-state index is 0.345. The third-order valence-corrected chi connectivity index (χ3v) is 7.97. The van der Waals surface area contributed by atoms with Gasteiger partial charge in [0.1, 0.15) is 5.78 Å². The third kappa shape index (κ3) is 5.11. The summed E-state index contributed by atoms with van der Waals surface area (Å²) in [6.45, 7) is 10.8. The zero-order valence-electron chi connectivity index (χ0n) is 20.0. The molecule has 0 radical (unpaired) electrons. The molecule has 6 nitrogen and oxygen atoms in total. The highest BCUT2D eigenvalue weighted by Gasteiger charge is 2.36. The second-order valence-electron chi connectivity index (χ2n) is 10.3. The summed E-state index contributed by atoms with van der Waals surface area (Å²) >= 11 is 0. The second kappa shape index (κ2) is 9.95. The Balaban J connectivity index is 1.32. The van der Waals surface area contributed by atoms with Crippen molar-refractivity contribution in [1.82, 2.24) is 19.8 Å². The van der Waals surface area contributed by atoms with E-state index in [-0.39, 0.29) is 0 Å². The molecule has 1 aromatic rings. The molecule has 3 fully saturated rings. The number of piperazine rings is 1. The van der Waals surface area contributed by atoms with Crippen molar-refractivity contribution < 1.29 is 4.79 Å². The van der Waals surface area contributed by atoms with Gasteiger partial charge >= 0.3 is 0 Å². The van der Waals surface area contributed by atoms with Gasteiger partial charge in [0.15, 0.2) is 0 Å². The molecule has 1 aromatic heterocycles. The van der Waals surface area contributed by atoms with E-state index in [0.717, 1.165) is 51.4 Å². The smallest absolute Gasteiger partial charge is 0.225 e. The summed E-state index contributed by atoms with van der Waals surface area (Å²) < 4.78 is 0. The lowest BCUT2D eigenvalue weighted by Gasteiger charge is -2.46. The molecule has 172 valence electrons. The van der Waals surface area contributed by atoms with Gasteiger partial charge in [0.25, 0.3) is 0 Å². The number of ketones is 1. The van der Waals surface area contributed by atoms with Gasteiger partial charge in [-0.1, -0.05) is 13.8 Å². The van der Waals surface area contributed by atoms with E-state index in [2.05, 4.69) is 48.0 Å². The number of carbonyl (C=O) groups is 1. The zero-order chi connectivity index (χ0) is 22.0. The molecule has 2 aliphatic heterocycles. The molecule has 3 aliphatic rings. The van der Waals surface area contributed by atoms with Crippen molar-refractivity contribution in [2.45, 2.75) is 89.8 Å². The number of nitrogens with zero attached hydrogens (tertiary/aromatic N) is 5. The van der Waals surface area contributed by atoms with Crippen LogP contribution in [0, 0.1) is 5.92 Å². The van der Waals surface area contributed by atoms with Crippen molar-refractivity contribution in [3.8, 4) is 0 Å². The fourth-order valence-electron chi connectivity index (χ4n) is 6.09. The molecular weight excluding hydrogens is 386 g/mol. The van der Waals surface area contributed by atoms with Gasteiger partial charge < -0.3 is 19.5 Å². The molecule has 31 heavy (non-hydrogen) atoms. The standard InChI is InChI=1S/C25H41N5O/c1-5-22-16-28(4)17-23(6-2)30(22)25-26-14-21(15-27-25)20-7-9-29(10-8-20)24-12-19(13-24)11-18(3)31/h14-15,19-20,22-24H,5-13,16-17H2,1-4H3. The largest absolute Gasteiger partial charge is 0.332 e. The Morgan fingerprint density at radius 3 is 2.13 bits per heavy atom. The Labute approximate surface area is 188 Å². The van der Waals surface area contributed by atoms with Gasteiger partial charge in [-0.05, 0) is 83.0 Å². The molecule has 0 amide bonds. The molecule has 0 aromatic carbocycles. The van der Waals surface area contributed by atoms with Crippen LogP contribution in [0.15, 0.2) is 12.4 Å². The van der Waals surface area contributed by atoms with Crippen molar-refractivity contribution in [2.75, 3.05) is 38.1 Å². The molecule has 0 spiro atoms. The van der Waals surface area contributed by atoms with Crippen LogP contribution >= 0.6 is 0 Å². The summed E-state index contributed by atoms with van der Waals surface area (Å²) in [6, 6.07) is 1.69. The SMILES string of the molecule is CCC1CN(C)CC(CC)N1c1ncc(C2CCN(C3CC(CC(C)=O)C3)CC2)cn1. The normalized spacial score (nSPS) is 30.9. The number of Topliss-reactive ketones (excluding diaryl/α,β-unsaturated/α-hetero) is 1. The zero-order valence-corrected chi connectivity index (χ0v) is 20.0. The number of aromatic nitrogens is 2. The number of carbonyl (C=O) groups excluding carboxylic acids is 1. The minimum atomic E-state index is 0.345. The monoisotopic (exact) mass is 427 g/mol. The molecule has 2 atom stereocenters. The molecule has 1 aliphatic carbocycles. The summed E-state index contributed by atoms with van der Waals surface area (Å²) in [7, 11) is 2.23. The average molecular weight is 428 g/mol. The number of rotatable bonds is 7. The maximum absolute atomic E-state index is 11.3. The number of anilines is 1. The van der Waals surface area contributed by atoms with Gasteiger partial charge in [0, 0.05) is 50.0 Å². The van der Waals surface area contributed by atoms with Crippen LogP contribution in [0.2, 0.25) is 0 Å². The lowest BCUT2D eigenvalue weighted by atomic mass is 9.75. The van der Waals surface area contributed by atoms with Crippen molar-refractivity contribution in [1.29, 1.82) is 0 Å². The Morgan fingerprint density at radius 2 is 1.61 bits per heavy atom. The molecule has 2 saturated heterocycles. The van der Waals surface area contributed by atoms with Crippen LogP contribution in [-0.2, 0) is 4.79 Å². The fraction of sp³-hybridized carbons (Fsp3) is 0.800. The molecule has 1 saturated carbocycles. The van der Waals surface area contributed by atoms with Crippen LogP contribution in [0.3, 0.4) is 0 Å². The van der Waals surface area contributed by atoms with E-state index in [9.17, 15) is 4.79 Å². The van der Waals surface area contributed by atoms with E-state index in [1.54, 1.807) is 6.92 Å². The predicted molar refractivity (Wildman–Crippen MR) is 126 cm³/mol. The summed E-state index contributed by atoms with van der Waals surface area (Å²) in [6.07, 6.45) is 12.0. The quantitative estimate of drug-likeness (QED) is 0.661. The Bertz CT molecular complexity index is 710. The van der Waals surface area contributed by atoms with Crippen LogP contribution in [-0.4, -0.2) is 76.9 Å². The summed E-state index contributed by atoms with van der Waals surface area (Å²) in [5.41, 5.74) is 1.31. The topological polar surface area (TPSA) is 52.6 Å². The Kier molecular flexibility index (Phi) is 7.27. The van der Waals surface area contributed by atoms with Gasteiger partial charge in [-0.3, -0.25) is 0 Å². The van der Waals surface area contributed by atoms with Crippen LogP contribution in [0.1, 0.15) is 77.2 Å². The fourth-order valence-corrected chi connectivity index (χ4v) is 6.09. The number of hydrogen-bond acceptors (Lipinski definition) is 6. The van der Waals surface area contributed by atoms with Crippen molar-refractivity contribution >= 4 is 11.7 Å². The maximum Gasteiger partial charge on any atom is 0.225 e. The number of hydrogen-bond donors (Lipinski definition) is 0. The van der Waals surface area contributed by atoms with Crippen LogP contribution in [0.5, 0.6) is 0 Å². The molecular formula is C25H41N5O.